The van der Waals surface area contributed by atoms with Crippen LogP contribution < -0.4 is 4.90 Å². The van der Waals surface area contributed by atoms with Gasteiger partial charge < -0.3 is 4.74 Å². The highest BCUT2D eigenvalue weighted by atomic mass is 32.1. The van der Waals surface area contributed by atoms with Crippen LogP contribution in [0.2, 0.25) is 0 Å². The molecule has 1 aromatic carbocycles. The molecule has 24 heavy (non-hydrogen) atoms. The highest BCUT2D eigenvalue weighted by Gasteiger charge is 2.23. The van der Waals surface area contributed by atoms with Gasteiger partial charge in [-0.25, -0.2) is 14.1 Å². The predicted molar refractivity (Wildman–Crippen MR) is 95.5 cm³/mol. The van der Waals surface area contributed by atoms with Crippen molar-refractivity contribution in [2.24, 2.45) is 5.92 Å². The van der Waals surface area contributed by atoms with E-state index in [2.05, 4.69) is 0 Å². The molecule has 0 spiro atoms. The third-order valence-corrected chi connectivity index (χ3v) is 5.37. The molecule has 128 valence electrons. The zero-order chi connectivity index (χ0) is 16.9. The summed E-state index contributed by atoms with van der Waals surface area (Å²) in [6.07, 6.45) is 5.57. The monoisotopic (exact) mass is 347 g/mol. The molecule has 0 saturated heterocycles. The van der Waals surface area contributed by atoms with E-state index >= 15 is 0 Å². The van der Waals surface area contributed by atoms with Gasteiger partial charge in [-0.05, 0) is 62.1 Å². The molecule has 1 aliphatic rings. The number of halogens is 1. The van der Waals surface area contributed by atoms with Crippen molar-refractivity contribution < 1.29 is 13.9 Å². The first-order chi connectivity index (χ1) is 11.6. The molecule has 1 aliphatic carbocycles. The Morgan fingerprint density at radius 2 is 1.88 bits per heavy atom. The van der Waals surface area contributed by atoms with Crippen LogP contribution >= 0.6 is 11.3 Å². The Bertz CT molecular complexity index is 677. The minimum Gasteiger partial charge on any atom is -0.449 e. The Morgan fingerprint density at radius 1 is 1.17 bits per heavy atom. The second-order valence-corrected chi connectivity index (χ2v) is 7.54. The van der Waals surface area contributed by atoms with Crippen LogP contribution in [0.1, 0.15) is 37.0 Å². The van der Waals surface area contributed by atoms with Gasteiger partial charge in [0.1, 0.15) is 10.8 Å². The summed E-state index contributed by atoms with van der Waals surface area (Å²) in [6, 6.07) is 9.78. The third kappa shape index (κ3) is 4.15. The molecule has 1 amide bonds. The van der Waals surface area contributed by atoms with Crippen LogP contribution in [0.15, 0.2) is 36.4 Å². The number of hydrogen-bond acceptors (Lipinski definition) is 3. The topological polar surface area (TPSA) is 29.5 Å². The fraction of sp³-hybridized carbons (Fsp3) is 0.421. The molecule has 3 nitrogen and oxygen atoms in total. The van der Waals surface area contributed by atoms with Gasteiger partial charge in [0.05, 0.1) is 12.3 Å². The number of aryl methyl sites for hydroxylation is 1. The van der Waals surface area contributed by atoms with Crippen LogP contribution in [-0.4, -0.2) is 12.7 Å². The maximum absolute atomic E-state index is 13.2. The summed E-state index contributed by atoms with van der Waals surface area (Å²) >= 11 is 1.52. The Kier molecular flexibility index (Phi) is 5.51. The van der Waals surface area contributed by atoms with Crippen molar-refractivity contribution in [2.45, 2.75) is 39.0 Å². The first-order valence-electron chi connectivity index (χ1n) is 8.42. The van der Waals surface area contributed by atoms with Crippen molar-refractivity contribution in [3.05, 3.63) is 47.1 Å². The summed E-state index contributed by atoms with van der Waals surface area (Å²) in [7, 11) is 0. The quantitative estimate of drug-likeness (QED) is 0.673. The molecule has 1 saturated carbocycles. The molecule has 0 atom stereocenters. The van der Waals surface area contributed by atoms with Gasteiger partial charge in [-0.2, -0.15) is 0 Å². The standard InChI is InChI=1S/C19H22FNO2S/c1-14-7-12-18(24-14)21(17-10-8-16(20)9-11-17)19(22)23-13-15-5-3-2-4-6-15/h7-12,15H,2-6,13H2,1H3. The predicted octanol–water partition coefficient (Wildman–Crippen LogP) is 6.05. The second kappa shape index (κ2) is 7.79. The van der Waals surface area contributed by atoms with Crippen LogP contribution in [0.5, 0.6) is 0 Å². The second-order valence-electron chi connectivity index (χ2n) is 6.28. The van der Waals surface area contributed by atoms with E-state index in [0.717, 1.165) is 22.7 Å². The number of amides is 1. The Morgan fingerprint density at radius 3 is 2.50 bits per heavy atom. The number of anilines is 2. The average molecular weight is 347 g/mol. The van der Waals surface area contributed by atoms with Gasteiger partial charge >= 0.3 is 6.09 Å². The highest BCUT2D eigenvalue weighted by Crippen LogP contribution is 2.33. The number of benzene rings is 1. The molecule has 0 N–H and O–H groups in total. The SMILES string of the molecule is Cc1ccc(N(C(=O)OCC2CCCCC2)c2ccc(F)cc2)s1. The summed E-state index contributed by atoms with van der Waals surface area (Å²) in [5.74, 6) is 0.138. The highest BCUT2D eigenvalue weighted by molar-refractivity contribution is 7.16. The lowest BCUT2D eigenvalue weighted by Crippen LogP contribution is -2.28. The van der Waals surface area contributed by atoms with Gasteiger partial charge in [0.25, 0.3) is 0 Å². The van der Waals surface area contributed by atoms with Gasteiger partial charge in [-0.15, -0.1) is 11.3 Å². The molecule has 2 aromatic rings. The summed E-state index contributed by atoms with van der Waals surface area (Å²) < 4.78 is 18.8. The van der Waals surface area contributed by atoms with Gasteiger partial charge in [0.15, 0.2) is 0 Å². The summed E-state index contributed by atoms with van der Waals surface area (Å²) in [4.78, 5) is 15.3. The van der Waals surface area contributed by atoms with Gasteiger partial charge in [0, 0.05) is 4.88 Å². The van der Waals surface area contributed by atoms with Crippen LogP contribution in [0.25, 0.3) is 0 Å². The zero-order valence-electron chi connectivity index (χ0n) is 13.8. The molecular weight excluding hydrogens is 325 g/mol. The van der Waals surface area contributed by atoms with Crippen molar-refractivity contribution in [3.63, 3.8) is 0 Å². The number of carbonyl (C=O) groups is 1. The van der Waals surface area contributed by atoms with E-state index in [1.165, 1.54) is 47.6 Å². The zero-order valence-corrected chi connectivity index (χ0v) is 14.7. The van der Waals surface area contributed by atoms with Crippen LogP contribution in [0.4, 0.5) is 19.9 Å². The van der Waals surface area contributed by atoms with E-state index in [1.54, 1.807) is 12.1 Å². The van der Waals surface area contributed by atoms with E-state index in [9.17, 15) is 9.18 Å². The minimum atomic E-state index is -0.394. The van der Waals surface area contributed by atoms with E-state index in [4.69, 9.17) is 4.74 Å². The molecular formula is C19H22FNO2S. The molecule has 0 aliphatic heterocycles. The number of carbonyl (C=O) groups excluding carboxylic acids is 1. The van der Waals surface area contributed by atoms with E-state index in [1.807, 2.05) is 19.1 Å². The number of hydrogen-bond donors (Lipinski definition) is 0. The number of ether oxygens (including phenoxy) is 1. The van der Waals surface area contributed by atoms with Crippen molar-refractivity contribution in [2.75, 3.05) is 11.5 Å². The Hall–Kier alpha value is -1.88. The summed E-state index contributed by atoms with van der Waals surface area (Å²) in [5.41, 5.74) is 0.617. The number of thiophene rings is 1. The van der Waals surface area contributed by atoms with Crippen LogP contribution in [0.3, 0.4) is 0 Å². The lowest BCUT2D eigenvalue weighted by atomic mass is 9.90. The maximum Gasteiger partial charge on any atom is 0.419 e. The summed E-state index contributed by atoms with van der Waals surface area (Å²) in [5, 5.41) is 0.785. The van der Waals surface area contributed by atoms with Crippen LogP contribution in [-0.2, 0) is 4.74 Å². The van der Waals surface area contributed by atoms with E-state index in [-0.39, 0.29) is 5.82 Å². The molecule has 1 heterocycles. The molecule has 0 bridgehead atoms. The van der Waals surface area contributed by atoms with Gasteiger partial charge in [0.2, 0.25) is 0 Å². The van der Waals surface area contributed by atoms with E-state index in [0.29, 0.717) is 18.2 Å². The number of nitrogens with zero attached hydrogens (tertiary/aromatic N) is 1. The summed E-state index contributed by atoms with van der Waals surface area (Å²) in [6.45, 7) is 2.45. The largest absolute Gasteiger partial charge is 0.449 e. The number of rotatable bonds is 4. The van der Waals surface area contributed by atoms with Gasteiger partial charge in [-0.1, -0.05) is 19.3 Å². The first kappa shape index (κ1) is 17.0. The normalized spacial score (nSPS) is 15.2. The molecule has 0 radical (unpaired) electrons. The molecule has 1 aromatic heterocycles. The molecule has 3 rings (SSSR count). The van der Waals surface area contributed by atoms with Gasteiger partial charge in [-0.3, -0.25) is 0 Å². The van der Waals surface area contributed by atoms with Crippen molar-refractivity contribution in [1.29, 1.82) is 0 Å². The van der Waals surface area contributed by atoms with Crippen molar-refractivity contribution in [3.8, 4) is 0 Å². The Labute approximate surface area is 146 Å². The average Bonchev–Trinajstić information content (AvgIpc) is 3.02. The lowest BCUT2D eigenvalue weighted by molar-refractivity contribution is 0.124. The van der Waals surface area contributed by atoms with Crippen molar-refractivity contribution in [1.82, 2.24) is 0 Å². The first-order valence-corrected chi connectivity index (χ1v) is 9.24. The smallest absolute Gasteiger partial charge is 0.419 e. The fourth-order valence-corrected chi connectivity index (χ4v) is 3.94. The Balaban J connectivity index is 1.75. The third-order valence-electron chi connectivity index (χ3n) is 4.38. The van der Waals surface area contributed by atoms with E-state index < -0.39 is 6.09 Å². The minimum absolute atomic E-state index is 0.323. The van der Waals surface area contributed by atoms with Crippen LogP contribution in [0, 0.1) is 18.7 Å². The lowest BCUT2D eigenvalue weighted by Gasteiger charge is -2.24. The maximum atomic E-state index is 13.2. The van der Waals surface area contributed by atoms with Crippen molar-refractivity contribution >= 4 is 28.1 Å². The molecule has 5 heteroatoms. The molecule has 1 fully saturated rings. The fourth-order valence-electron chi connectivity index (χ4n) is 3.06. The molecule has 0 unspecified atom stereocenters.